The second kappa shape index (κ2) is 4.67. The third kappa shape index (κ3) is 2.27. The van der Waals surface area contributed by atoms with E-state index in [1.165, 1.54) is 0 Å². The van der Waals surface area contributed by atoms with E-state index in [0.29, 0.717) is 11.5 Å². The highest BCUT2D eigenvalue weighted by molar-refractivity contribution is 5.58. The van der Waals surface area contributed by atoms with Crippen molar-refractivity contribution in [2.45, 2.75) is 25.7 Å². The molecule has 0 saturated carbocycles. The van der Waals surface area contributed by atoms with Crippen molar-refractivity contribution < 1.29 is 4.74 Å². The lowest BCUT2D eigenvalue weighted by Crippen LogP contribution is -2.26. The number of ether oxygens (including phenoxy) is 1. The van der Waals surface area contributed by atoms with Gasteiger partial charge in [0.1, 0.15) is 5.75 Å². The maximum atomic E-state index is 12.2. The predicted molar refractivity (Wildman–Crippen MR) is 80.3 cm³/mol. The summed E-state index contributed by atoms with van der Waals surface area (Å²) in [7, 11) is 0. The van der Waals surface area contributed by atoms with Crippen LogP contribution in [-0.2, 0) is 5.41 Å². The van der Waals surface area contributed by atoms with Crippen LogP contribution in [0.5, 0.6) is 11.5 Å². The minimum atomic E-state index is -0.184. The van der Waals surface area contributed by atoms with Crippen molar-refractivity contribution >= 4 is 6.08 Å². The SMILES string of the molecule is CC1(C)CC=Cc2cc(Oc3ccccc3)c(=O)[nH]c21. The van der Waals surface area contributed by atoms with Gasteiger partial charge in [-0.3, -0.25) is 4.79 Å². The molecule has 0 atom stereocenters. The van der Waals surface area contributed by atoms with Crippen LogP contribution >= 0.6 is 0 Å². The molecule has 102 valence electrons. The zero-order valence-corrected chi connectivity index (χ0v) is 11.6. The summed E-state index contributed by atoms with van der Waals surface area (Å²) in [4.78, 5) is 15.2. The Balaban J connectivity index is 2.03. The number of pyridine rings is 1. The third-order valence-corrected chi connectivity index (χ3v) is 3.61. The topological polar surface area (TPSA) is 42.1 Å². The van der Waals surface area contributed by atoms with E-state index in [0.717, 1.165) is 17.7 Å². The Morgan fingerprint density at radius 2 is 1.95 bits per heavy atom. The van der Waals surface area contributed by atoms with Gasteiger partial charge in [-0.05, 0) is 30.2 Å². The molecule has 1 heterocycles. The highest BCUT2D eigenvalue weighted by Crippen LogP contribution is 2.34. The molecule has 1 aromatic heterocycles. The van der Waals surface area contributed by atoms with E-state index in [-0.39, 0.29) is 11.0 Å². The number of hydrogen-bond donors (Lipinski definition) is 1. The van der Waals surface area contributed by atoms with E-state index >= 15 is 0 Å². The van der Waals surface area contributed by atoms with Crippen LogP contribution in [0.1, 0.15) is 31.5 Å². The minimum absolute atomic E-state index is 0.0471. The molecule has 0 unspecified atom stereocenters. The van der Waals surface area contributed by atoms with Gasteiger partial charge in [0, 0.05) is 11.1 Å². The van der Waals surface area contributed by atoms with Gasteiger partial charge in [-0.15, -0.1) is 0 Å². The number of H-pyrrole nitrogens is 1. The molecule has 0 fully saturated rings. The largest absolute Gasteiger partial charge is 0.452 e. The summed E-state index contributed by atoms with van der Waals surface area (Å²) in [5.74, 6) is 0.995. The lowest BCUT2D eigenvalue weighted by molar-refractivity contribution is 0.465. The van der Waals surface area contributed by atoms with Gasteiger partial charge < -0.3 is 9.72 Å². The fourth-order valence-corrected chi connectivity index (χ4v) is 2.49. The van der Waals surface area contributed by atoms with Crippen LogP contribution in [0.2, 0.25) is 0 Å². The third-order valence-electron chi connectivity index (χ3n) is 3.61. The van der Waals surface area contributed by atoms with Crippen molar-refractivity contribution in [3.05, 3.63) is 64.1 Å². The zero-order chi connectivity index (χ0) is 14.2. The summed E-state index contributed by atoms with van der Waals surface area (Å²) in [5, 5.41) is 0. The Bertz CT molecular complexity index is 712. The summed E-state index contributed by atoms with van der Waals surface area (Å²) in [6, 6.07) is 11.2. The number of allylic oxidation sites excluding steroid dienone is 1. The van der Waals surface area contributed by atoms with Crippen LogP contribution in [-0.4, -0.2) is 4.98 Å². The quantitative estimate of drug-likeness (QED) is 0.897. The van der Waals surface area contributed by atoms with Crippen LogP contribution < -0.4 is 10.3 Å². The molecule has 0 spiro atoms. The summed E-state index contributed by atoms with van der Waals surface area (Å²) >= 11 is 0. The van der Waals surface area contributed by atoms with E-state index in [9.17, 15) is 4.79 Å². The van der Waals surface area contributed by atoms with Gasteiger partial charge in [0.15, 0.2) is 5.75 Å². The molecular weight excluding hydrogens is 250 g/mol. The van der Waals surface area contributed by atoms with Crippen LogP contribution in [0, 0.1) is 0 Å². The highest BCUT2D eigenvalue weighted by atomic mass is 16.5. The van der Waals surface area contributed by atoms with Gasteiger partial charge in [0.25, 0.3) is 5.56 Å². The van der Waals surface area contributed by atoms with Crippen LogP contribution in [0.3, 0.4) is 0 Å². The van der Waals surface area contributed by atoms with Gasteiger partial charge in [-0.1, -0.05) is 44.2 Å². The van der Waals surface area contributed by atoms with Crippen molar-refractivity contribution in [3.8, 4) is 11.5 Å². The summed E-state index contributed by atoms with van der Waals surface area (Å²) in [6.07, 6.45) is 5.09. The Labute approximate surface area is 117 Å². The molecule has 3 rings (SSSR count). The Morgan fingerprint density at radius 3 is 2.70 bits per heavy atom. The van der Waals surface area contributed by atoms with Gasteiger partial charge in [0.05, 0.1) is 0 Å². The summed E-state index contributed by atoms with van der Waals surface area (Å²) < 4.78 is 5.67. The standard InChI is InChI=1S/C17H17NO2/c1-17(2)10-6-7-12-11-14(16(19)18-15(12)17)20-13-8-4-3-5-9-13/h3-9,11H,10H2,1-2H3,(H,18,19). The molecule has 0 aliphatic heterocycles. The van der Waals surface area contributed by atoms with Crippen LogP contribution in [0.4, 0.5) is 0 Å². The first kappa shape index (κ1) is 12.7. The molecule has 1 N–H and O–H groups in total. The van der Waals surface area contributed by atoms with E-state index in [1.54, 1.807) is 0 Å². The molecule has 1 aliphatic rings. The fourth-order valence-electron chi connectivity index (χ4n) is 2.49. The second-order valence-electron chi connectivity index (χ2n) is 5.70. The van der Waals surface area contributed by atoms with E-state index in [4.69, 9.17) is 4.74 Å². The summed E-state index contributed by atoms with van der Waals surface area (Å²) in [5.41, 5.74) is 1.77. The lowest BCUT2D eigenvalue weighted by atomic mass is 9.79. The number of aromatic amines is 1. The van der Waals surface area contributed by atoms with Crippen LogP contribution in [0.15, 0.2) is 47.3 Å². The maximum absolute atomic E-state index is 12.2. The number of rotatable bonds is 2. The van der Waals surface area contributed by atoms with Crippen molar-refractivity contribution in [1.29, 1.82) is 0 Å². The molecule has 3 heteroatoms. The lowest BCUT2D eigenvalue weighted by Gasteiger charge is -2.28. The maximum Gasteiger partial charge on any atom is 0.291 e. The van der Waals surface area contributed by atoms with Gasteiger partial charge in [-0.25, -0.2) is 0 Å². The molecule has 3 nitrogen and oxygen atoms in total. The molecular formula is C17H17NO2. The summed E-state index contributed by atoms with van der Waals surface area (Å²) in [6.45, 7) is 4.26. The molecule has 0 saturated heterocycles. The molecule has 2 aromatic rings. The number of benzene rings is 1. The highest BCUT2D eigenvalue weighted by Gasteiger charge is 2.26. The van der Waals surface area contributed by atoms with Gasteiger partial charge in [0.2, 0.25) is 0 Å². The normalized spacial score (nSPS) is 15.7. The first-order valence-corrected chi connectivity index (χ1v) is 6.73. The molecule has 1 aromatic carbocycles. The Hall–Kier alpha value is -2.29. The van der Waals surface area contributed by atoms with Crippen molar-refractivity contribution in [2.75, 3.05) is 0 Å². The number of hydrogen-bond acceptors (Lipinski definition) is 2. The number of aromatic nitrogens is 1. The molecule has 1 aliphatic carbocycles. The fraction of sp³-hybridized carbons (Fsp3) is 0.235. The molecule has 0 amide bonds. The number of fused-ring (bicyclic) bond motifs is 1. The number of nitrogens with one attached hydrogen (secondary N) is 1. The Kier molecular flexibility index (Phi) is 2.97. The van der Waals surface area contributed by atoms with E-state index in [2.05, 4.69) is 24.9 Å². The van der Waals surface area contributed by atoms with Crippen molar-refractivity contribution in [2.24, 2.45) is 0 Å². The molecule has 20 heavy (non-hydrogen) atoms. The second-order valence-corrected chi connectivity index (χ2v) is 5.70. The minimum Gasteiger partial charge on any atom is -0.452 e. The Morgan fingerprint density at radius 1 is 1.20 bits per heavy atom. The van der Waals surface area contributed by atoms with E-state index < -0.39 is 0 Å². The first-order valence-electron chi connectivity index (χ1n) is 6.73. The van der Waals surface area contributed by atoms with E-state index in [1.807, 2.05) is 42.5 Å². The van der Waals surface area contributed by atoms with Crippen molar-refractivity contribution in [1.82, 2.24) is 4.98 Å². The number of para-hydroxylation sites is 1. The average molecular weight is 267 g/mol. The first-order chi connectivity index (χ1) is 9.56. The average Bonchev–Trinajstić information content (AvgIpc) is 2.42. The predicted octanol–water partition coefficient (Wildman–Crippen LogP) is 3.86. The zero-order valence-electron chi connectivity index (χ0n) is 11.6. The van der Waals surface area contributed by atoms with Gasteiger partial charge >= 0.3 is 0 Å². The smallest absolute Gasteiger partial charge is 0.291 e. The van der Waals surface area contributed by atoms with Crippen LogP contribution in [0.25, 0.3) is 6.08 Å². The monoisotopic (exact) mass is 267 g/mol. The molecule has 0 radical (unpaired) electrons. The molecule has 0 bridgehead atoms. The van der Waals surface area contributed by atoms with Crippen molar-refractivity contribution in [3.63, 3.8) is 0 Å². The van der Waals surface area contributed by atoms with Gasteiger partial charge in [-0.2, -0.15) is 0 Å².